The van der Waals surface area contributed by atoms with Gasteiger partial charge in [-0.1, -0.05) is 29.8 Å². The lowest BCUT2D eigenvalue weighted by atomic mass is 10.1. The summed E-state index contributed by atoms with van der Waals surface area (Å²) in [4.78, 5) is 12.9. The SMILES string of the molecule is Cc1cccc(Cc2cc(C)c(C=O)s2)c1. The molecule has 0 aliphatic rings. The molecule has 16 heavy (non-hydrogen) atoms. The van der Waals surface area contributed by atoms with E-state index in [0.29, 0.717) is 0 Å². The fraction of sp³-hybridized carbons (Fsp3) is 0.214. The quantitative estimate of drug-likeness (QED) is 0.734. The van der Waals surface area contributed by atoms with Crippen molar-refractivity contribution in [3.05, 3.63) is 56.8 Å². The molecule has 2 heteroatoms. The Labute approximate surface area is 99.8 Å². The first kappa shape index (κ1) is 11.1. The van der Waals surface area contributed by atoms with Crippen LogP contribution in [0.2, 0.25) is 0 Å². The molecule has 0 aliphatic carbocycles. The van der Waals surface area contributed by atoms with Crippen molar-refractivity contribution in [3.8, 4) is 0 Å². The van der Waals surface area contributed by atoms with Crippen LogP contribution in [0.1, 0.15) is 31.2 Å². The maximum absolute atomic E-state index is 10.8. The van der Waals surface area contributed by atoms with E-state index in [2.05, 4.69) is 37.3 Å². The smallest absolute Gasteiger partial charge is 0.160 e. The van der Waals surface area contributed by atoms with Gasteiger partial charge in [0.2, 0.25) is 0 Å². The van der Waals surface area contributed by atoms with E-state index in [1.54, 1.807) is 11.3 Å². The van der Waals surface area contributed by atoms with Gasteiger partial charge in [0.15, 0.2) is 6.29 Å². The van der Waals surface area contributed by atoms with E-state index in [4.69, 9.17) is 0 Å². The second-order valence-corrected chi connectivity index (χ2v) is 5.21. The van der Waals surface area contributed by atoms with Crippen molar-refractivity contribution in [2.45, 2.75) is 20.3 Å². The number of thiophene rings is 1. The van der Waals surface area contributed by atoms with Crippen molar-refractivity contribution in [3.63, 3.8) is 0 Å². The van der Waals surface area contributed by atoms with E-state index < -0.39 is 0 Å². The van der Waals surface area contributed by atoms with E-state index in [-0.39, 0.29) is 0 Å². The first-order valence-corrected chi connectivity index (χ1v) is 6.10. The molecule has 1 aromatic carbocycles. The molecular weight excluding hydrogens is 216 g/mol. The predicted molar refractivity (Wildman–Crippen MR) is 68.4 cm³/mol. The Morgan fingerprint density at radius 1 is 1.25 bits per heavy atom. The molecule has 0 bridgehead atoms. The Morgan fingerprint density at radius 3 is 2.69 bits per heavy atom. The van der Waals surface area contributed by atoms with Crippen molar-refractivity contribution in [2.24, 2.45) is 0 Å². The lowest BCUT2D eigenvalue weighted by Crippen LogP contribution is -1.84. The molecule has 0 amide bonds. The summed E-state index contributed by atoms with van der Waals surface area (Å²) in [7, 11) is 0. The Hall–Kier alpha value is -1.41. The second-order valence-electron chi connectivity index (χ2n) is 4.04. The number of aryl methyl sites for hydroxylation is 2. The van der Waals surface area contributed by atoms with Crippen LogP contribution in [0.15, 0.2) is 30.3 Å². The highest BCUT2D eigenvalue weighted by Crippen LogP contribution is 2.23. The van der Waals surface area contributed by atoms with Crippen LogP contribution in [-0.4, -0.2) is 6.29 Å². The molecule has 0 aliphatic heterocycles. The van der Waals surface area contributed by atoms with Crippen LogP contribution in [0, 0.1) is 13.8 Å². The Balaban J connectivity index is 2.23. The molecule has 82 valence electrons. The Morgan fingerprint density at radius 2 is 2.06 bits per heavy atom. The summed E-state index contributed by atoms with van der Waals surface area (Å²) in [6.07, 6.45) is 1.86. The number of carbonyl (C=O) groups excluding carboxylic acids is 1. The minimum absolute atomic E-state index is 0.850. The van der Waals surface area contributed by atoms with Crippen LogP contribution >= 0.6 is 11.3 Å². The van der Waals surface area contributed by atoms with E-state index in [1.165, 1.54) is 16.0 Å². The van der Waals surface area contributed by atoms with Crippen LogP contribution in [0.4, 0.5) is 0 Å². The van der Waals surface area contributed by atoms with Crippen LogP contribution in [0.3, 0.4) is 0 Å². The van der Waals surface area contributed by atoms with E-state index in [0.717, 1.165) is 23.1 Å². The molecule has 2 aromatic rings. The number of hydrogen-bond donors (Lipinski definition) is 0. The maximum Gasteiger partial charge on any atom is 0.160 e. The van der Waals surface area contributed by atoms with Gasteiger partial charge in [0.1, 0.15) is 0 Å². The average molecular weight is 230 g/mol. The van der Waals surface area contributed by atoms with Gasteiger partial charge in [-0.05, 0) is 31.0 Å². The molecule has 0 radical (unpaired) electrons. The molecule has 1 heterocycles. The monoisotopic (exact) mass is 230 g/mol. The fourth-order valence-corrected chi connectivity index (χ4v) is 2.82. The average Bonchev–Trinajstić information content (AvgIpc) is 2.58. The van der Waals surface area contributed by atoms with Crippen molar-refractivity contribution in [1.82, 2.24) is 0 Å². The zero-order valence-electron chi connectivity index (χ0n) is 9.49. The van der Waals surface area contributed by atoms with Gasteiger partial charge < -0.3 is 0 Å². The summed E-state index contributed by atoms with van der Waals surface area (Å²) in [6.45, 7) is 4.08. The molecule has 0 saturated carbocycles. The Bertz CT molecular complexity index is 511. The van der Waals surface area contributed by atoms with Crippen LogP contribution in [0.25, 0.3) is 0 Å². The summed E-state index contributed by atoms with van der Waals surface area (Å²) in [5, 5.41) is 0. The maximum atomic E-state index is 10.8. The van der Waals surface area contributed by atoms with Gasteiger partial charge in [0.05, 0.1) is 4.88 Å². The zero-order valence-corrected chi connectivity index (χ0v) is 10.3. The van der Waals surface area contributed by atoms with Crippen molar-refractivity contribution in [2.75, 3.05) is 0 Å². The lowest BCUT2D eigenvalue weighted by Gasteiger charge is -1.99. The minimum Gasteiger partial charge on any atom is -0.297 e. The molecule has 0 fully saturated rings. The van der Waals surface area contributed by atoms with Gasteiger partial charge in [-0.3, -0.25) is 4.79 Å². The number of carbonyl (C=O) groups is 1. The second kappa shape index (κ2) is 4.62. The van der Waals surface area contributed by atoms with Gasteiger partial charge in [-0.15, -0.1) is 11.3 Å². The highest BCUT2D eigenvalue weighted by molar-refractivity contribution is 7.13. The van der Waals surface area contributed by atoms with Gasteiger partial charge in [0.25, 0.3) is 0 Å². The van der Waals surface area contributed by atoms with Crippen LogP contribution < -0.4 is 0 Å². The summed E-state index contributed by atoms with van der Waals surface area (Å²) in [6, 6.07) is 10.6. The number of rotatable bonds is 3. The Kier molecular flexibility index (Phi) is 3.20. The first-order valence-electron chi connectivity index (χ1n) is 5.29. The van der Waals surface area contributed by atoms with E-state index in [9.17, 15) is 4.79 Å². The van der Waals surface area contributed by atoms with Gasteiger partial charge in [-0.25, -0.2) is 0 Å². The highest BCUT2D eigenvalue weighted by atomic mass is 32.1. The summed E-state index contributed by atoms with van der Waals surface area (Å²) in [5.74, 6) is 0. The summed E-state index contributed by atoms with van der Waals surface area (Å²) >= 11 is 1.59. The third-order valence-corrected chi connectivity index (χ3v) is 3.74. The highest BCUT2D eigenvalue weighted by Gasteiger charge is 2.05. The van der Waals surface area contributed by atoms with Crippen molar-refractivity contribution < 1.29 is 4.79 Å². The molecule has 1 nitrogen and oxygen atoms in total. The fourth-order valence-electron chi connectivity index (χ4n) is 1.79. The molecular formula is C14H14OS. The molecule has 0 atom stereocenters. The van der Waals surface area contributed by atoms with Crippen LogP contribution in [0.5, 0.6) is 0 Å². The standard InChI is InChI=1S/C14H14OS/c1-10-4-3-5-12(6-10)8-13-7-11(2)14(9-15)16-13/h3-7,9H,8H2,1-2H3. The van der Waals surface area contributed by atoms with Gasteiger partial charge in [0, 0.05) is 11.3 Å². The number of benzene rings is 1. The first-order chi connectivity index (χ1) is 7.69. The lowest BCUT2D eigenvalue weighted by molar-refractivity contribution is 0.112. The van der Waals surface area contributed by atoms with E-state index in [1.807, 2.05) is 6.92 Å². The van der Waals surface area contributed by atoms with Gasteiger partial charge >= 0.3 is 0 Å². The molecule has 0 unspecified atom stereocenters. The van der Waals surface area contributed by atoms with Crippen molar-refractivity contribution in [1.29, 1.82) is 0 Å². The predicted octanol–water partition coefficient (Wildman–Crippen LogP) is 3.77. The summed E-state index contributed by atoms with van der Waals surface area (Å²) < 4.78 is 0. The normalized spacial score (nSPS) is 10.4. The molecule has 0 N–H and O–H groups in total. The molecule has 0 spiro atoms. The number of hydrogen-bond acceptors (Lipinski definition) is 2. The van der Waals surface area contributed by atoms with E-state index >= 15 is 0 Å². The third kappa shape index (κ3) is 2.39. The number of aldehydes is 1. The van der Waals surface area contributed by atoms with Gasteiger partial charge in [-0.2, -0.15) is 0 Å². The summed E-state index contributed by atoms with van der Waals surface area (Å²) in [5.41, 5.74) is 3.67. The third-order valence-electron chi connectivity index (χ3n) is 2.58. The largest absolute Gasteiger partial charge is 0.297 e. The molecule has 1 aromatic heterocycles. The van der Waals surface area contributed by atoms with Crippen molar-refractivity contribution >= 4 is 17.6 Å². The topological polar surface area (TPSA) is 17.1 Å². The molecule has 0 saturated heterocycles. The minimum atomic E-state index is 0.850. The zero-order chi connectivity index (χ0) is 11.5. The molecule has 2 rings (SSSR count). The van der Waals surface area contributed by atoms with Crippen LogP contribution in [-0.2, 0) is 6.42 Å².